The molecule has 0 fully saturated rings. The molecule has 1 heterocycles. The quantitative estimate of drug-likeness (QED) is 0.656. The zero-order chi connectivity index (χ0) is 14.2. The topological polar surface area (TPSA) is 36.4 Å². The van der Waals surface area contributed by atoms with E-state index in [1.807, 2.05) is 6.07 Å². The molecule has 0 aliphatic heterocycles. The first-order chi connectivity index (χ1) is 9.78. The van der Waals surface area contributed by atoms with Gasteiger partial charge in [0.1, 0.15) is 5.82 Å². The number of hydrogen-bond donors (Lipinski definition) is 2. The number of aliphatic imine (C=N–C) groups is 1. The van der Waals surface area contributed by atoms with Crippen LogP contribution in [0.3, 0.4) is 0 Å². The van der Waals surface area contributed by atoms with Crippen molar-refractivity contribution in [3.63, 3.8) is 0 Å². The molecular weight excluding hydrogens is 273 g/mol. The van der Waals surface area contributed by atoms with Crippen molar-refractivity contribution in [1.82, 2.24) is 10.6 Å². The number of rotatable bonds is 5. The van der Waals surface area contributed by atoms with Crippen molar-refractivity contribution in [2.75, 3.05) is 13.6 Å². The highest BCUT2D eigenvalue weighted by Gasteiger charge is 1.99. The molecule has 0 radical (unpaired) electrons. The van der Waals surface area contributed by atoms with Gasteiger partial charge in [0, 0.05) is 18.5 Å². The van der Waals surface area contributed by atoms with Crippen molar-refractivity contribution in [3.05, 3.63) is 58.0 Å². The van der Waals surface area contributed by atoms with Crippen LogP contribution in [0.4, 0.5) is 4.39 Å². The number of nitrogens with zero attached hydrogens (tertiary/aromatic N) is 1. The SMILES string of the molecule is CN=C(NCCc1ccc(F)cc1)NCc1cccs1. The van der Waals surface area contributed by atoms with E-state index in [0.29, 0.717) is 0 Å². The molecule has 0 spiro atoms. The third-order valence-electron chi connectivity index (χ3n) is 2.85. The highest BCUT2D eigenvalue weighted by Crippen LogP contribution is 2.07. The minimum atomic E-state index is -0.199. The minimum absolute atomic E-state index is 0.199. The van der Waals surface area contributed by atoms with Crippen molar-refractivity contribution in [2.24, 2.45) is 4.99 Å². The van der Waals surface area contributed by atoms with Crippen LogP contribution in [0.15, 0.2) is 46.8 Å². The average Bonchev–Trinajstić information content (AvgIpc) is 2.98. The number of nitrogens with one attached hydrogen (secondary N) is 2. The first kappa shape index (κ1) is 14.5. The summed E-state index contributed by atoms with van der Waals surface area (Å²) in [4.78, 5) is 5.44. The number of halogens is 1. The van der Waals surface area contributed by atoms with E-state index in [1.165, 1.54) is 17.0 Å². The monoisotopic (exact) mass is 291 g/mol. The van der Waals surface area contributed by atoms with Crippen LogP contribution in [0, 0.1) is 5.82 Å². The first-order valence-corrected chi connectivity index (χ1v) is 7.37. The molecule has 0 aliphatic carbocycles. The molecule has 20 heavy (non-hydrogen) atoms. The highest BCUT2D eigenvalue weighted by atomic mass is 32.1. The summed E-state index contributed by atoms with van der Waals surface area (Å²) in [6.07, 6.45) is 0.833. The normalized spacial score (nSPS) is 11.4. The Morgan fingerprint density at radius 1 is 1.20 bits per heavy atom. The fraction of sp³-hybridized carbons (Fsp3) is 0.267. The lowest BCUT2D eigenvalue weighted by Crippen LogP contribution is -2.37. The van der Waals surface area contributed by atoms with Crippen molar-refractivity contribution in [2.45, 2.75) is 13.0 Å². The summed E-state index contributed by atoms with van der Waals surface area (Å²) in [7, 11) is 1.75. The Morgan fingerprint density at radius 2 is 2.00 bits per heavy atom. The molecular formula is C15H18FN3S. The number of hydrogen-bond acceptors (Lipinski definition) is 2. The molecule has 0 aliphatic rings. The molecule has 3 nitrogen and oxygen atoms in total. The summed E-state index contributed by atoms with van der Waals surface area (Å²) < 4.78 is 12.8. The molecule has 2 rings (SSSR count). The van der Waals surface area contributed by atoms with E-state index in [1.54, 1.807) is 30.5 Å². The van der Waals surface area contributed by atoms with Crippen LogP contribution in [0.2, 0.25) is 0 Å². The third-order valence-corrected chi connectivity index (χ3v) is 3.73. The van der Waals surface area contributed by atoms with Crippen molar-refractivity contribution in [3.8, 4) is 0 Å². The Morgan fingerprint density at radius 3 is 2.65 bits per heavy atom. The highest BCUT2D eigenvalue weighted by molar-refractivity contribution is 7.09. The molecule has 1 aromatic carbocycles. The predicted molar refractivity (Wildman–Crippen MR) is 82.6 cm³/mol. The van der Waals surface area contributed by atoms with E-state index in [4.69, 9.17) is 0 Å². The van der Waals surface area contributed by atoms with Gasteiger partial charge in [0.25, 0.3) is 0 Å². The maximum atomic E-state index is 12.8. The van der Waals surface area contributed by atoms with Crippen LogP contribution in [0.25, 0.3) is 0 Å². The molecule has 0 bridgehead atoms. The first-order valence-electron chi connectivity index (χ1n) is 6.49. The summed E-state index contributed by atoms with van der Waals surface area (Å²) in [6.45, 7) is 1.53. The third kappa shape index (κ3) is 4.66. The summed E-state index contributed by atoms with van der Waals surface area (Å²) in [6, 6.07) is 10.7. The second-order valence-corrected chi connectivity index (χ2v) is 5.34. The molecule has 1 aromatic heterocycles. The second kappa shape index (κ2) is 7.65. The van der Waals surface area contributed by atoms with E-state index in [9.17, 15) is 4.39 Å². The van der Waals surface area contributed by atoms with Gasteiger partial charge in [-0.2, -0.15) is 0 Å². The van der Waals surface area contributed by atoms with Crippen LogP contribution in [0.1, 0.15) is 10.4 Å². The van der Waals surface area contributed by atoms with Gasteiger partial charge in [-0.3, -0.25) is 4.99 Å². The van der Waals surface area contributed by atoms with Crippen LogP contribution in [-0.2, 0) is 13.0 Å². The molecule has 0 saturated carbocycles. The largest absolute Gasteiger partial charge is 0.356 e. The Labute approximate surface area is 122 Å². The summed E-state index contributed by atoms with van der Waals surface area (Å²) in [5.41, 5.74) is 1.10. The molecule has 0 amide bonds. The number of thiophene rings is 1. The van der Waals surface area contributed by atoms with E-state index in [2.05, 4.69) is 27.1 Å². The second-order valence-electron chi connectivity index (χ2n) is 4.31. The van der Waals surface area contributed by atoms with Gasteiger partial charge >= 0.3 is 0 Å². The summed E-state index contributed by atoms with van der Waals surface area (Å²) >= 11 is 1.72. The van der Waals surface area contributed by atoms with Gasteiger partial charge in [0.2, 0.25) is 0 Å². The molecule has 0 unspecified atom stereocenters. The standard InChI is InChI=1S/C15H18FN3S/c1-17-15(19-11-14-3-2-10-20-14)18-9-8-12-4-6-13(16)7-5-12/h2-7,10H,8-9,11H2,1H3,(H2,17,18,19). The average molecular weight is 291 g/mol. The van der Waals surface area contributed by atoms with E-state index in [-0.39, 0.29) is 5.82 Å². The lowest BCUT2D eigenvalue weighted by Gasteiger charge is -2.11. The van der Waals surface area contributed by atoms with E-state index in [0.717, 1.165) is 31.0 Å². The molecule has 0 atom stereocenters. The maximum absolute atomic E-state index is 12.8. The maximum Gasteiger partial charge on any atom is 0.191 e. The Bertz CT molecular complexity index is 535. The zero-order valence-electron chi connectivity index (χ0n) is 11.4. The van der Waals surface area contributed by atoms with Crippen LogP contribution in [0.5, 0.6) is 0 Å². The minimum Gasteiger partial charge on any atom is -0.356 e. The molecule has 106 valence electrons. The molecule has 5 heteroatoms. The van der Waals surface area contributed by atoms with Crippen LogP contribution >= 0.6 is 11.3 Å². The van der Waals surface area contributed by atoms with Crippen LogP contribution < -0.4 is 10.6 Å². The Hall–Kier alpha value is -1.88. The van der Waals surface area contributed by atoms with Gasteiger partial charge in [-0.25, -0.2) is 4.39 Å². The van der Waals surface area contributed by atoms with Crippen molar-refractivity contribution in [1.29, 1.82) is 0 Å². The van der Waals surface area contributed by atoms with Gasteiger partial charge in [0.15, 0.2) is 5.96 Å². The predicted octanol–water partition coefficient (Wildman–Crippen LogP) is 2.79. The zero-order valence-corrected chi connectivity index (χ0v) is 12.2. The van der Waals surface area contributed by atoms with E-state index >= 15 is 0 Å². The molecule has 0 saturated heterocycles. The number of benzene rings is 1. The fourth-order valence-corrected chi connectivity index (χ4v) is 2.43. The van der Waals surface area contributed by atoms with Gasteiger partial charge in [0.05, 0.1) is 6.54 Å². The van der Waals surface area contributed by atoms with Crippen molar-refractivity contribution >= 4 is 17.3 Å². The van der Waals surface area contributed by atoms with Gasteiger partial charge in [-0.15, -0.1) is 11.3 Å². The summed E-state index contributed by atoms with van der Waals surface area (Å²) in [5, 5.41) is 8.56. The number of guanidine groups is 1. The lowest BCUT2D eigenvalue weighted by atomic mass is 10.1. The van der Waals surface area contributed by atoms with Gasteiger partial charge in [-0.1, -0.05) is 18.2 Å². The Kier molecular flexibility index (Phi) is 5.55. The van der Waals surface area contributed by atoms with Gasteiger partial charge < -0.3 is 10.6 Å². The van der Waals surface area contributed by atoms with Crippen LogP contribution in [-0.4, -0.2) is 19.6 Å². The van der Waals surface area contributed by atoms with E-state index < -0.39 is 0 Å². The molecule has 2 N–H and O–H groups in total. The lowest BCUT2D eigenvalue weighted by molar-refractivity contribution is 0.626. The summed E-state index contributed by atoms with van der Waals surface area (Å²) in [5.74, 6) is 0.579. The fourth-order valence-electron chi connectivity index (χ4n) is 1.78. The van der Waals surface area contributed by atoms with Crippen molar-refractivity contribution < 1.29 is 4.39 Å². The molecule has 2 aromatic rings. The Balaban J connectivity index is 1.72. The smallest absolute Gasteiger partial charge is 0.191 e. The van der Waals surface area contributed by atoms with Gasteiger partial charge in [-0.05, 0) is 35.6 Å².